The predicted octanol–water partition coefficient (Wildman–Crippen LogP) is 2.96. The molecule has 140 valence electrons. The molecule has 6 nitrogen and oxygen atoms in total. The molecule has 0 spiro atoms. The number of benzene rings is 1. The molecule has 2 aromatic rings. The fourth-order valence-corrected chi connectivity index (χ4v) is 2.51. The van der Waals surface area contributed by atoms with E-state index in [0.717, 1.165) is 17.8 Å². The smallest absolute Gasteiger partial charge is 0.326 e. The van der Waals surface area contributed by atoms with E-state index in [1.807, 2.05) is 0 Å². The van der Waals surface area contributed by atoms with Crippen molar-refractivity contribution in [2.75, 3.05) is 12.4 Å². The molecule has 0 saturated carbocycles. The second-order valence-electron chi connectivity index (χ2n) is 7.13. The van der Waals surface area contributed by atoms with Crippen LogP contribution in [0.3, 0.4) is 0 Å². The van der Waals surface area contributed by atoms with Crippen molar-refractivity contribution in [2.45, 2.75) is 33.4 Å². The molecule has 0 aliphatic carbocycles. The third kappa shape index (κ3) is 4.62. The normalized spacial score (nSPS) is 12.5. The number of aromatic nitrogens is 1. The fourth-order valence-electron chi connectivity index (χ4n) is 2.51. The van der Waals surface area contributed by atoms with Crippen LogP contribution in [-0.2, 0) is 11.3 Å². The number of carboxylic acid groups (broad SMARTS) is 1. The van der Waals surface area contributed by atoms with Gasteiger partial charge in [-0.25, -0.2) is 9.18 Å². The molecule has 0 aliphatic heterocycles. The summed E-state index contributed by atoms with van der Waals surface area (Å²) in [5.74, 6) is -1.11. The van der Waals surface area contributed by atoms with Gasteiger partial charge in [0.1, 0.15) is 11.8 Å². The van der Waals surface area contributed by atoms with Crippen LogP contribution in [0, 0.1) is 11.2 Å². The quantitative estimate of drug-likeness (QED) is 0.826. The molecule has 1 atom stereocenters. The second kappa shape index (κ2) is 7.59. The Bertz CT molecular complexity index is 838. The van der Waals surface area contributed by atoms with Crippen LogP contribution >= 0.6 is 0 Å². The maximum atomic E-state index is 14.4. The summed E-state index contributed by atoms with van der Waals surface area (Å²) in [7, 11) is 1.56. The molecule has 1 heterocycles. The number of carbonyl (C=O) groups is 1. The number of methoxy groups -OCH3 is 1. The van der Waals surface area contributed by atoms with Crippen LogP contribution in [0.5, 0.6) is 5.75 Å². The van der Waals surface area contributed by atoms with E-state index >= 15 is 0 Å². The van der Waals surface area contributed by atoms with Crippen molar-refractivity contribution in [2.24, 2.45) is 5.41 Å². The van der Waals surface area contributed by atoms with Gasteiger partial charge in [-0.05, 0) is 23.1 Å². The average molecular weight is 362 g/mol. The van der Waals surface area contributed by atoms with Gasteiger partial charge in [-0.3, -0.25) is 4.79 Å². The molecule has 7 heteroatoms. The van der Waals surface area contributed by atoms with E-state index < -0.39 is 28.8 Å². The maximum absolute atomic E-state index is 14.4. The molecule has 2 N–H and O–H groups in total. The Balaban J connectivity index is 2.27. The van der Waals surface area contributed by atoms with Crippen LogP contribution in [0.15, 0.2) is 41.3 Å². The molecule has 1 unspecified atom stereocenters. The molecule has 0 aliphatic rings. The molecule has 0 fully saturated rings. The van der Waals surface area contributed by atoms with Gasteiger partial charge < -0.3 is 19.7 Å². The average Bonchev–Trinajstić information content (AvgIpc) is 2.55. The van der Waals surface area contributed by atoms with Gasteiger partial charge in [-0.2, -0.15) is 0 Å². The minimum Gasteiger partial charge on any atom is -0.497 e. The molecule has 26 heavy (non-hydrogen) atoms. The Morgan fingerprint density at radius 2 is 1.92 bits per heavy atom. The lowest BCUT2D eigenvalue weighted by Crippen LogP contribution is -2.41. The molecule has 0 saturated heterocycles. The summed E-state index contributed by atoms with van der Waals surface area (Å²) in [4.78, 5) is 23.7. The summed E-state index contributed by atoms with van der Waals surface area (Å²) in [6.45, 7) is 5.37. The van der Waals surface area contributed by atoms with E-state index in [4.69, 9.17) is 4.74 Å². The fraction of sp³-hybridized carbons (Fsp3) is 0.368. The number of ether oxygens (including phenoxy) is 1. The Hall–Kier alpha value is -2.83. The number of anilines is 1. The van der Waals surface area contributed by atoms with E-state index in [1.54, 1.807) is 52.1 Å². The first-order valence-electron chi connectivity index (χ1n) is 8.14. The van der Waals surface area contributed by atoms with Crippen molar-refractivity contribution in [3.63, 3.8) is 0 Å². The first-order chi connectivity index (χ1) is 12.1. The van der Waals surface area contributed by atoms with Gasteiger partial charge in [0.05, 0.1) is 19.3 Å². The number of aliphatic carboxylic acids is 1. The van der Waals surface area contributed by atoms with Gasteiger partial charge in [0.2, 0.25) is 0 Å². The predicted molar refractivity (Wildman–Crippen MR) is 97.3 cm³/mol. The molecule has 1 aromatic heterocycles. The minimum atomic E-state index is -1.11. The number of hydrogen-bond donors (Lipinski definition) is 2. The highest BCUT2D eigenvalue weighted by Gasteiger charge is 2.31. The Morgan fingerprint density at radius 1 is 1.31 bits per heavy atom. The molecule has 0 bridgehead atoms. The highest BCUT2D eigenvalue weighted by atomic mass is 19.1. The van der Waals surface area contributed by atoms with Gasteiger partial charge in [0.15, 0.2) is 5.82 Å². The van der Waals surface area contributed by atoms with E-state index in [1.165, 1.54) is 4.57 Å². The van der Waals surface area contributed by atoms with Gasteiger partial charge in [0.25, 0.3) is 5.56 Å². The van der Waals surface area contributed by atoms with Crippen LogP contribution in [-0.4, -0.2) is 28.8 Å². The van der Waals surface area contributed by atoms with Crippen molar-refractivity contribution in [3.05, 3.63) is 58.3 Å². The van der Waals surface area contributed by atoms with Gasteiger partial charge >= 0.3 is 5.97 Å². The number of halogens is 1. The lowest BCUT2D eigenvalue weighted by atomic mass is 9.86. The first-order valence-corrected chi connectivity index (χ1v) is 8.14. The number of nitrogens with zero attached hydrogens (tertiary/aromatic N) is 1. The van der Waals surface area contributed by atoms with E-state index in [9.17, 15) is 19.1 Å². The van der Waals surface area contributed by atoms with Gasteiger partial charge in [-0.1, -0.05) is 32.9 Å². The number of nitrogens with one attached hydrogen (secondary N) is 1. The van der Waals surface area contributed by atoms with Crippen molar-refractivity contribution < 1.29 is 19.0 Å². The summed E-state index contributed by atoms with van der Waals surface area (Å²) in [5, 5.41) is 12.0. The molecule has 0 amide bonds. The lowest BCUT2D eigenvalue weighted by Gasteiger charge is -2.28. The van der Waals surface area contributed by atoms with Gasteiger partial charge in [0, 0.05) is 12.3 Å². The molecule has 0 radical (unpaired) electrons. The van der Waals surface area contributed by atoms with Crippen LogP contribution in [0.25, 0.3) is 0 Å². The summed E-state index contributed by atoms with van der Waals surface area (Å²) in [6.07, 6.45) is 1.08. The van der Waals surface area contributed by atoms with Crippen molar-refractivity contribution >= 4 is 11.7 Å². The molecular formula is C19H23FN2O4. The maximum Gasteiger partial charge on any atom is 0.326 e. The zero-order chi connectivity index (χ0) is 19.5. The topological polar surface area (TPSA) is 80.6 Å². The largest absolute Gasteiger partial charge is 0.497 e. The highest BCUT2D eigenvalue weighted by molar-refractivity contribution is 5.78. The highest BCUT2D eigenvalue weighted by Crippen LogP contribution is 2.24. The van der Waals surface area contributed by atoms with Crippen molar-refractivity contribution in [3.8, 4) is 5.75 Å². The third-order valence-corrected chi connectivity index (χ3v) is 4.00. The monoisotopic (exact) mass is 362 g/mol. The SMILES string of the molecule is COc1ccc(Cn2cc(F)c(NC(C(=O)O)C(C)(C)C)cc2=O)cc1. The van der Waals surface area contributed by atoms with E-state index in [0.29, 0.717) is 5.75 Å². The van der Waals surface area contributed by atoms with Crippen LogP contribution in [0.4, 0.5) is 10.1 Å². The number of rotatable bonds is 6. The number of pyridine rings is 1. The molecule has 2 rings (SSSR count). The summed E-state index contributed by atoms with van der Waals surface area (Å²) in [6, 6.07) is 7.14. The van der Waals surface area contributed by atoms with Gasteiger partial charge in [-0.15, -0.1) is 0 Å². The van der Waals surface area contributed by atoms with Crippen LogP contribution in [0.1, 0.15) is 26.3 Å². The van der Waals surface area contributed by atoms with Crippen LogP contribution in [0.2, 0.25) is 0 Å². The van der Waals surface area contributed by atoms with E-state index in [-0.39, 0.29) is 12.2 Å². The van der Waals surface area contributed by atoms with E-state index in [2.05, 4.69) is 5.32 Å². The van der Waals surface area contributed by atoms with Crippen molar-refractivity contribution in [1.29, 1.82) is 0 Å². The Morgan fingerprint density at radius 3 is 2.42 bits per heavy atom. The molecular weight excluding hydrogens is 339 g/mol. The minimum absolute atomic E-state index is 0.122. The summed E-state index contributed by atoms with van der Waals surface area (Å²) < 4.78 is 20.7. The van der Waals surface area contributed by atoms with Crippen molar-refractivity contribution in [1.82, 2.24) is 4.57 Å². The Labute approximate surface area is 151 Å². The standard InChI is InChI=1S/C19H23FN2O4/c1-19(2,3)17(18(24)25)21-15-9-16(23)22(11-14(15)20)10-12-5-7-13(26-4)8-6-12/h5-9,11,17,21H,10H2,1-4H3,(H,24,25). The molecule has 1 aromatic carbocycles. The van der Waals surface area contributed by atoms with Crippen LogP contribution < -0.4 is 15.6 Å². The number of carboxylic acids is 1. The first kappa shape index (κ1) is 19.5. The zero-order valence-electron chi connectivity index (χ0n) is 15.2. The lowest BCUT2D eigenvalue weighted by molar-refractivity contribution is -0.140. The Kier molecular flexibility index (Phi) is 5.69. The zero-order valence-corrected chi connectivity index (χ0v) is 15.2. The third-order valence-electron chi connectivity index (χ3n) is 4.00. The second-order valence-corrected chi connectivity index (χ2v) is 7.13. The number of hydrogen-bond acceptors (Lipinski definition) is 4. The summed E-state index contributed by atoms with van der Waals surface area (Å²) in [5.41, 5.74) is -0.395. The summed E-state index contributed by atoms with van der Waals surface area (Å²) >= 11 is 0.